The number of hydrogen-bond acceptors (Lipinski definition) is 3. The Hall–Kier alpha value is -2.75. The molecule has 0 radical (unpaired) electrons. The molecule has 4 nitrogen and oxygen atoms in total. The molecule has 4 heteroatoms. The van der Waals surface area contributed by atoms with Gasteiger partial charge in [0.2, 0.25) is 0 Å². The van der Waals surface area contributed by atoms with Gasteiger partial charge in [-0.15, -0.1) is 5.10 Å². The fourth-order valence-corrected chi connectivity index (χ4v) is 4.31. The lowest BCUT2D eigenvalue weighted by Crippen LogP contribution is -2.24. The van der Waals surface area contributed by atoms with Crippen molar-refractivity contribution in [2.24, 2.45) is 11.8 Å². The predicted molar refractivity (Wildman–Crippen MR) is 111 cm³/mol. The number of aryl methyl sites for hydroxylation is 2. The van der Waals surface area contributed by atoms with Gasteiger partial charge >= 0.3 is 0 Å². The van der Waals surface area contributed by atoms with E-state index in [0.717, 1.165) is 37.8 Å². The van der Waals surface area contributed by atoms with Crippen molar-refractivity contribution in [3.8, 4) is 5.69 Å². The van der Waals surface area contributed by atoms with E-state index in [0.29, 0.717) is 11.6 Å². The fraction of sp³-hybridized carbons (Fsp3) is 0.375. The van der Waals surface area contributed by atoms with Gasteiger partial charge in [-0.2, -0.15) is 9.90 Å². The van der Waals surface area contributed by atoms with E-state index in [9.17, 15) is 4.79 Å². The van der Waals surface area contributed by atoms with E-state index in [1.54, 1.807) is 11.0 Å². The topological polar surface area (TPSA) is 47.8 Å². The molecule has 0 bridgehead atoms. The summed E-state index contributed by atoms with van der Waals surface area (Å²) in [5.41, 5.74) is 4.17. The zero-order chi connectivity index (χ0) is 19.3. The van der Waals surface area contributed by atoms with Gasteiger partial charge in [-0.25, -0.2) is 0 Å². The maximum Gasteiger partial charge on any atom is 0.187 e. The lowest BCUT2D eigenvalue weighted by molar-refractivity contribution is 0.0854. The zero-order valence-corrected chi connectivity index (χ0v) is 16.4. The molecule has 0 amide bonds. The number of carbonyl (C=O) groups is 1. The molecular weight excluding hydrogens is 346 g/mol. The second-order valence-electron chi connectivity index (χ2n) is 7.91. The number of ketones is 1. The largest absolute Gasteiger partial charge is 0.292 e. The molecule has 2 aromatic carbocycles. The standard InChI is InChI=1S/C24H27N3O/c1-18-8-5-6-10-20(18)15-14-19-9-7-11-21(16-19)24(28)23-17-25-27(26-23)22-12-3-2-4-13-22/h2-6,8,10,12-13,17,19,21H,7,9,11,14-16H2,1H3. The molecule has 144 valence electrons. The molecule has 0 saturated heterocycles. The average Bonchev–Trinajstić information content (AvgIpc) is 3.24. The maximum atomic E-state index is 13.0. The van der Waals surface area contributed by atoms with Gasteiger partial charge in [-0.1, -0.05) is 55.3 Å². The number of hydrogen-bond donors (Lipinski definition) is 0. The highest BCUT2D eigenvalue weighted by Crippen LogP contribution is 2.34. The van der Waals surface area contributed by atoms with Crippen LogP contribution in [0, 0.1) is 18.8 Å². The van der Waals surface area contributed by atoms with Crippen LogP contribution in [0.2, 0.25) is 0 Å². The summed E-state index contributed by atoms with van der Waals surface area (Å²) in [7, 11) is 0. The van der Waals surface area contributed by atoms with E-state index >= 15 is 0 Å². The number of rotatable bonds is 6. The molecule has 1 aromatic heterocycles. The molecule has 0 spiro atoms. The van der Waals surface area contributed by atoms with Gasteiger partial charge in [0, 0.05) is 5.92 Å². The van der Waals surface area contributed by atoms with E-state index in [2.05, 4.69) is 41.4 Å². The van der Waals surface area contributed by atoms with Gasteiger partial charge in [0.15, 0.2) is 5.78 Å². The Kier molecular flexibility index (Phi) is 5.65. The highest BCUT2D eigenvalue weighted by atomic mass is 16.1. The van der Waals surface area contributed by atoms with Gasteiger partial charge in [0.25, 0.3) is 0 Å². The summed E-state index contributed by atoms with van der Waals surface area (Å²) in [5.74, 6) is 0.853. The quantitative estimate of drug-likeness (QED) is 0.558. The van der Waals surface area contributed by atoms with Crippen molar-refractivity contribution in [1.82, 2.24) is 15.0 Å². The van der Waals surface area contributed by atoms with E-state index < -0.39 is 0 Å². The molecule has 1 aliphatic rings. The molecule has 0 aliphatic heterocycles. The van der Waals surface area contributed by atoms with Crippen LogP contribution in [-0.2, 0) is 6.42 Å². The second-order valence-corrected chi connectivity index (χ2v) is 7.91. The number of para-hydroxylation sites is 1. The van der Waals surface area contributed by atoms with Crippen LogP contribution in [0.5, 0.6) is 0 Å². The third-order valence-corrected chi connectivity index (χ3v) is 5.97. The van der Waals surface area contributed by atoms with Gasteiger partial charge in [0.05, 0.1) is 11.9 Å². The molecule has 1 fully saturated rings. The first-order valence-electron chi connectivity index (χ1n) is 10.3. The van der Waals surface area contributed by atoms with E-state index in [1.807, 2.05) is 30.3 Å². The Bertz CT molecular complexity index is 932. The van der Waals surface area contributed by atoms with Gasteiger partial charge in [-0.3, -0.25) is 4.79 Å². The maximum absolute atomic E-state index is 13.0. The third-order valence-electron chi connectivity index (χ3n) is 5.97. The van der Waals surface area contributed by atoms with Crippen molar-refractivity contribution >= 4 is 5.78 Å². The van der Waals surface area contributed by atoms with Gasteiger partial charge < -0.3 is 0 Å². The number of benzene rings is 2. The third kappa shape index (κ3) is 4.22. The monoisotopic (exact) mass is 373 g/mol. The normalized spacial score (nSPS) is 19.5. The number of carbonyl (C=O) groups excluding carboxylic acids is 1. The van der Waals surface area contributed by atoms with Crippen molar-refractivity contribution in [3.05, 3.63) is 77.6 Å². The fourth-order valence-electron chi connectivity index (χ4n) is 4.31. The highest BCUT2D eigenvalue weighted by Gasteiger charge is 2.29. The molecule has 28 heavy (non-hydrogen) atoms. The molecule has 4 rings (SSSR count). The van der Waals surface area contributed by atoms with Crippen molar-refractivity contribution in [3.63, 3.8) is 0 Å². The van der Waals surface area contributed by atoms with Crippen LogP contribution in [0.4, 0.5) is 0 Å². The number of nitrogens with zero attached hydrogens (tertiary/aromatic N) is 3. The average molecular weight is 374 g/mol. The first-order valence-corrected chi connectivity index (χ1v) is 10.3. The van der Waals surface area contributed by atoms with Crippen LogP contribution in [-0.4, -0.2) is 20.8 Å². The van der Waals surface area contributed by atoms with Crippen LogP contribution in [0.25, 0.3) is 5.69 Å². The smallest absolute Gasteiger partial charge is 0.187 e. The molecule has 1 heterocycles. The van der Waals surface area contributed by atoms with Crippen LogP contribution in [0.1, 0.15) is 53.7 Å². The van der Waals surface area contributed by atoms with Gasteiger partial charge in [0.1, 0.15) is 5.69 Å². The highest BCUT2D eigenvalue weighted by molar-refractivity contribution is 5.95. The van der Waals surface area contributed by atoms with E-state index in [4.69, 9.17) is 0 Å². The number of aromatic nitrogens is 3. The Morgan fingerprint density at radius 1 is 1.07 bits per heavy atom. The summed E-state index contributed by atoms with van der Waals surface area (Å²) in [6.45, 7) is 2.18. The molecule has 0 N–H and O–H groups in total. The lowest BCUT2D eigenvalue weighted by Gasteiger charge is -2.28. The van der Waals surface area contributed by atoms with Crippen LogP contribution < -0.4 is 0 Å². The summed E-state index contributed by atoms with van der Waals surface area (Å²) in [6, 6.07) is 18.3. The van der Waals surface area contributed by atoms with Crippen molar-refractivity contribution < 1.29 is 4.79 Å². The molecule has 1 saturated carbocycles. The second kappa shape index (κ2) is 8.51. The van der Waals surface area contributed by atoms with Gasteiger partial charge in [-0.05, 0) is 61.8 Å². The summed E-state index contributed by atoms with van der Waals surface area (Å²) in [6.07, 6.45) is 8.18. The van der Waals surface area contributed by atoms with Crippen molar-refractivity contribution in [2.45, 2.75) is 45.4 Å². The summed E-state index contributed by atoms with van der Waals surface area (Å²) in [5, 5.41) is 8.73. The minimum atomic E-state index is 0.0801. The molecule has 2 atom stereocenters. The Balaban J connectivity index is 1.38. The van der Waals surface area contributed by atoms with Crippen LogP contribution in [0.3, 0.4) is 0 Å². The summed E-state index contributed by atoms with van der Waals surface area (Å²) < 4.78 is 0. The number of Topliss-reactive ketones (excluding diaryl/α,β-unsaturated/α-hetero) is 1. The van der Waals surface area contributed by atoms with Crippen LogP contribution >= 0.6 is 0 Å². The predicted octanol–water partition coefficient (Wildman–Crippen LogP) is 5.20. The van der Waals surface area contributed by atoms with Crippen molar-refractivity contribution in [2.75, 3.05) is 0 Å². The minimum absolute atomic E-state index is 0.0801. The lowest BCUT2D eigenvalue weighted by atomic mass is 9.76. The first kappa shape index (κ1) is 18.6. The van der Waals surface area contributed by atoms with E-state index in [1.165, 1.54) is 17.5 Å². The first-order chi connectivity index (χ1) is 13.7. The Morgan fingerprint density at radius 3 is 2.68 bits per heavy atom. The van der Waals surface area contributed by atoms with Crippen LogP contribution in [0.15, 0.2) is 60.8 Å². The summed E-state index contributed by atoms with van der Waals surface area (Å²) >= 11 is 0. The molecule has 1 aliphatic carbocycles. The SMILES string of the molecule is Cc1ccccc1CCC1CCCC(C(=O)c2cnn(-c3ccccc3)n2)C1. The molecular formula is C24H27N3O. The van der Waals surface area contributed by atoms with Crippen molar-refractivity contribution in [1.29, 1.82) is 0 Å². The Morgan fingerprint density at radius 2 is 1.86 bits per heavy atom. The minimum Gasteiger partial charge on any atom is -0.292 e. The Labute approximate surface area is 166 Å². The summed E-state index contributed by atoms with van der Waals surface area (Å²) in [4.78, 5) is 14.5. The van der Waals surface area contributed by atoms with E-state index in [-0.39, 0.29) is 11.7 Å². The zero-order valence-electron chi connectivity index (χ0n) is 16.4. The molecule has 3 aromatic rings. The molecule has 2 unspecified atom stereocenters.